The molecule has 0 saturated carbocycles. The summed E-state index contributed by atoms with van der Waals surface area (Å²) in [5.41, 5.74) is 3.79. The predicted molar refractivity (Wildman–Crippen MR) is 99.8 cm³/mol. The number of carbonyl (C=O) groups is 2. The Balaban J connectivity index is 1.58. The van der Waals surface area contributed by atoms with Crippen LogP contribution in [-0.2, 0) is 17.6 Å². The Morgan fingerprint density at radius 2 is 2.08 bits per heavy atom. The number of furan rings is 1. The number of carbonyl (C=O) groups excluding carboxylic acids is 2. The first kappa shape index (κ1) is 17.2. The second-order valence-corrected chi connectivity index (χ2v) is 6.49. The minimum absolute atomic E-state index is 0.0991. The maximum atomic E-state index is 12.3. The fraction of sp³-hybridized carbons (Fsp3) is 0.222. The van der Waals surface area contributed by atoms with Crippen LogP contribution in [0.2, 0.25) is 0 Å². The van der Waals surface area contributed by atoms with E-state index in [0.29, 0.717) is 11.3 Å². The maximum absolute atomic E-state index is 12.3. The monoisotopic (exact) mass is 357 g/mol. The van der Waals surface area contributed by atoms with E-state index in [1.54, 1.807) is 41.8 Å². The van der Waals surface area contributed by atoms with Gasteiger partial charge in [0, 0.05) is 30.6 Å². The zero-order valence-corrected chi connectivity index (χ0v) is 14.9. The molecule has 0 radical (unpaired) electrons. The van der Waals surface area contributed by atoms with Crippen molar-refractivity contribution in [1.29, 1.82) is 0 Å². The summed E-state index contributed by atoms with van der Waals surface area (Å²) in [5, 5.41) is 5.43. The summed E-state index contributed by atoms with van der Waals surface area (Å²) < 4.78 is 7.02. The van der Waals surface area contributed by atoms with Crippen molar-refractivity contribution < 1.29 is 14.0 Å². The molecule has 1 aromatic carbocycles. The lowest BCUT2D eigenvalue weighted by molar-refractivity contribution is -0.115. The van der Waals surface area contributed by atoms with Crippen molar-refractivity contribution in [2.45, 2.75) is 5.75 Å². The van der Waals surface area contributed by atoms with Gasteiger partial charge >= 0.3 is 0 Å². The number of benzene rings is 1. The van der Waals surface area contributed by atoms with E-state index in [9.17, 15) is 9.59 Å². The van der Waals surface area contributed by atoms with Crippen LogP contribution >= 0.6 is 11.8 Å². The van der Waals surface area contributed by atoms with Gasteiger partial charge in [-0.15, -0.1) is 0 Å². The van der Waals surface area contributed by atoms with Crippen LogP contribution in [0.1, 0.15) is 16.1 Å². The number of nitrogens with zero attached hydrogens (tertiary/aromatic N) is 1. The van der Waals surface area contributed by atoms with Gasteiger partial charge in [-0.2, -0.15) is 11.8 Å². The zero-order chi connectivity index (χ0) is 17.8. The van der Waals surface area contributed by atoms with E-state index in [4.69, 9.17) is 4.42 Å². The largest absolute Gasteiger partial charge is 0.463 e. The first-order valence-corrected chi connectivity index (χ1v) is 9.16. The number of fused-ring (bicyclic) bond motifs is 1. The number of hydrogen-bond acceptors (Lipinski definition) is 4. The van der Waals surface area contributed by atoms with Gasteiger partial charge in [0.05, 0.1) is 18.3 Å². The highest BCUT2D eigenvalue weighted by Gasteiger charge is 2.15. The molecule has 0 unspecified atom stereocenters. The molecule has 0 aliphatic heterocycles. The summed E-state index contributed by atoms with van der Waals surface area (Å²) in [6.45, 7) is -0.0991. The highest BCUT2D eigenvalue weighted by molar-refractivity contribution is 7.97. The molecule has 2 amide bonds. The van der Waals surface area contributed by atoms with Crippen molar-refractivity contribution in [2.75, 3.05) is 18.1 Å². The number of nitrogens with one attached hydrogen (secondary N) is 2. The fourth-order valence-corrected chi connectivity index (χ4v) is 3.14. The molecule has 0 aliphatic rings. The molecule has 0 spiro atoms. The number of rotatable bonds is 6. The minimum atomic E-state index is -0.319. The zero-order valence-electron chi connectivity index (χ0n) is 14.0. The Bertz CT molecular complexity index is 913. The van der Waals surface area contributed by atoms with E-state index in [0.717, 1.165) is 22.5 Å². The smallest absolute Gasteiger partial charge is 0.268 e. The van der Waals surface area contributed by atoms with Gasteiger partial charge < -0.3 is 19.6 Å². The third kappa shape index (κ3) is 3.88. The molecule has 7 heteroatoms. The Labute approximate surface area is 149 Å². The van der Waals surface area contributed by atoms with E-state index in [2.05, 4.69) is 10.6 Å². The van der Waals surface area contributed by atoms with E-state index in [1.807, 2.05) is 30.5 Å². The van der Waals surface area contributed by atoms with E-state index >= 15 is 0 Å². The van der Waals surface area contributed by atoms with Crippen LogP contribution in [0.15, 0.2) is 47.1 Å². The second kappa shape index (κ2) is 7.48. The molecule has 2 aromatic heterocycles. The SMILES string of the molecule is CSCc1cccc(NC(=O)CNC(=O)c2cc3occc3n2C)c1. The standard InChI is InChI=1S/C18H19N3O3S/c1-21-14-6-7-24-16(14)9-15(21)18(23)19-10-17(22)20-13-5-3-4-12(8-13)11-25-2/h3-9H,10-11H2,1-2H3,(H,19,23)(H,20,22). The Morgan fingerprint density at radius 1 is 1.24 bits per heavy atom. The van der Waals surface area contributed by atoms with E-state index in [-0.39, 0.29) is 18.4 Å². The second-order valence-electron chi connectivity index (χ2n) is 5.62. The van der Waals surface area contributed by atoms with Gasteiger partial charge in [-0.1, -0.05) is 12.1 Å². The molecule has 0 saturated heterocycles. The number of anilines is 1. The molecule has 130 valence electrons. The molecule has 6 nitrogen and oxygen atoms in total. The number of amides is 2. The highest BCUT2D eigenvalue weighted by atomic mass is 32.2. The maximum Gasteiger partial charge on any atom is 0.268 e. The summed E-state index contributed by atoms with van der Waals surface area (Å²) in [6, 6.07) is 11.1. The third-order valence-electron chi connectivity index (χ3n) is 3.83. The van der Waals surface area contributed by atoms with Crippen LogP contribution in [0.25, 0.3) is 11.1 Å². The molecular formula is C18H19N3O3S. The number of thioether (sulfide) groups is 1. The van der Waals surface area contributed by atoms with Gasteiger partial charge in [-0.3, -0.25) is 9.59 Å². The molecule has 2 heterocycles. The topological polar surface area (TPSA) is 76.3 Å². The Morgan fingerprint density at radius 3 is 2.84 bits per heavy atom. The van der Waals surface area contributed by atoms with Crippen LogP contribution in [-0.4, -0.2) is 29.2 Å². The first-order valence-electron chi connectivity index (χ1n) is 7.77. The van der Waals surface area contributed by atoms with Crippen molar-refractivity contribution in [3.05, 3.63) is 53.9 Å². The van der Waals surface area contributed by atoms with Crippen molar-refractivity contribution in [3.63, 3.8) is 0 Å². The van der Waals surface area contributed by atoms with Crippen LogP contribution < -0.4 is 10.6 Å². The van der Waals surface area contributed by atoms with Crippen LogP contribution in [0.5, 0.6) is 0 Å². The summed E-state index contributed by atoms with van der Waals surface area (Å²) in [7, 11) is 1.78. The van der Waals surface area contributed by atoms with Crippen LogP contribution in [0, 0.1) is 0 Å². The average molecular weight is 357 g/mol. The quantitative estimate of drug-likeness (QED) is 0.711. The first-order chi connectivity index (χ1) is 12.1. The predicted octanol–water partition coefficient (Wildman–Crippen LogP) is 3.00. The molecule has 3 rings (SSSR count). The van der Waals surface area contributed by atoms with Gasteiger partial charge in [-0.05, 0) is 24.0 Å². The summed E-state index contributed by atoms with van der Waals surface area (Å²) in [5.74, 6) is 0.294. The Hall–Kier alpha value is -2.67. The van der Waals surface area contributed by atoms with Gasteiger partial charge in [0.25, 0.3) is 5.91 Å². The molecule has 0 aliphatic carbocycles. The van der Waals surface area contributed by atoms with Gasteiger partial charge in [0.15, 0.2) is 5.58 Å². The summed E-state index contributed by atoms with van der Waals surface area (Å²) >= 11 is 1.72. The van der Waals surface area contributed by atoms with Gasteiger partial charge in [-0.25, -0.2) is 0 Å². The number of aryl methyl sites for hydroxylation is 1. The fourth-order valence-electron chi connectivity index (χ4n) is 2.63. The average Bonchev–Trinajstić information content (AvgIpc) is 3.17. The molecule has 0 atom stereocenters. The lowest BCUT2D eigenvalue weighted by Crippen LogP contribution is -2.33. The Kier molecular flexibility index (Phi) is 5.14. The molecule has 0 bridgehead atoms. The highest BCUT2D eigenvalue weighted by Crippen LogP contribution is 2.19. The molecule has 3 aromatic rings. The number of hydrogen-bond donors (Lipinski definition) is 2. The molecule has 0 fully saturated rings. The van der Waals surface area contributed by atoms with Gasteiger partial charge in [0.1, 0.15) is 5.69 Å². The summed E-state index contributed by atoms with van der Waals surface area (Å²) in [4.78, 5) is 24.3. The molecule has 2 N–H and O–H groups in total. The van der Waals surface area contributed by atoms with Crippen molar-refractivity contribution in [1.82, 2.24) is 9.88 Å². The lowest BCUT2D eigenvalue weighted by atomic mass is 10.2. The van der Waals surface area contributed by atoms with Gasteiger partial charge in [0.2, 0.25) is 5.91 Å². The van der Waals surface area contributed by atoms with Crippen molar-refractivity contribution in [3.8, 4) is 0 Å². The summed E-state index contributed by atoms with van der Waals surface area (Å²) in [6.07, 6.45) is 3.60. The minimum Gasteiger partial charge on any atom is -0.463 e. The van der Waals surface area contributed by atoms with E-state index in [1.165, 1.54) is 0 Å². The molecule has 25 heavy (non-hydrogen) atoms. The van der Waals surface area contributed by atoms with E-state index < -0.39 is 0 Å². The van der Waals surface area contributed by atoms with Crippen molar-refractivity contribution in [2.24, 2.45) is 7.05 Å². The van der Waals surface area contributed by atoms with Crippen molar-refractivity contribution >= 4 is 40.4 Å². The number of aromatic nitrogens is 1. The normalized spacial score (nSPS) is 10.8. The van der Waals surface area contributed by atoms with Crippen LogP contribution in [0.3, 0.4) is 0 Å². The third-order valence-corrected chi connectivity index (χ3v) is 4.45. The molecular weight excluding hydrogens is 338 g/mol. The van der Waals surface area contributed by atoms with Crippen LogP contribution in [0.4, 0.5) is 5.69 Å². The lowest BCUT2D eigenvalue weighted by Gasteiger charge is -2.09.